The van der Waals surface area contributed by atoms with Gasteiger partial charge in [0.05, 0.1) is 39.7 Å². The van der Waals surface area contributed by atoms with Gasteiger partial charge in [-0.1, -0.05) is 39.8 Å². The van der Waals surface area contributed by atoms with Crippen molar-refractivity contribution in [2.24, 2.45) is 0 Å². The highest BCUT2D eigenvalue weighted by Gasteiger charge is 2.33. The summed E-state index contributed by atoms with van der Waals surface area (Å²) in [6, 6.07) is 13.0. The van der Waals surface area contributed by atoms with E-state index in [2.05, 4.69) is 20.7 Å². The van der Waals surface area contributed by atoms with Crippen LogP contribution in [0.4, 0.5) is 0 Å². The number of halogens is 1. The summed E-state index contributed by atoms with van der Waals surface area (Å²) in [5.74, 6) is -3.97. The molecule has 3 rings (SSSR count). The van der Waals surface area contributed by atoms with E-state index < -0.39 is 29.7 Å². The first-order chi connectivity index (χ1) is 18.7. The van der Waals surface area contributed by atoms with Gasteiger partial charge in [0.25, 0.3) is 0 Å². The standard InChI is InChI=1S/C27H22BrNO9S/c1-35-21(30)13-20(26(33)37-3)39-19-8-6-5-7-18(19)29-14-17(25(32)36-2)22(27(34)38-4)23(29)24(31)15-9-11-16(28)12-10-15/h5-14H,1-4H3/b20-13-. The average Bonchev–Trinajstić information content (AvgIpc) is 3.36. The summed E-state index contributed by atoms with van der Waals surface area (Å²) in [4.78, 5) is 64.1. The zero-order valence-electron chi connectivity index (χ0n) is 21.2. The Morgan fingerprint density at radius 2 is 1.46 bits per heavy atom. The molecule has 0 aliphatic heterocycles. The van der Waals surface area contributed by atoms with Crippen molar-refractivity contribution in [3.05, 3.63) is 92.6 Å². The van der Waals surface area contributed by atoms with Crippen LogP contribution in [-0.2, 0) is 28.5 Å². The Balaban J connectivity index is 2.33. The summed E-state index contributed by atoms with van der Waals surface area (Å²) in [7, 11) is 4.58. The quantitative estimate of drug-likeness (QED) is 0.113. The molecule has 0 aliphatic rings. The first kappa shape index (κ1) is 29.4. The van der Waals surface area contributed by atoms with E-state index in [0.717, 1.165) is 50.7 Å². The number of hydrogen-bond acceptors (Lipinski definition) is 10. The number of nitrogens with zero attached hydrogens (tertiary/aromatic N) is 1. The van der Waals surface area contributed by atoms with Crippen LogP contribution in [-0.4, -0.2) is 62.7 Å². The van der Waals surface area contributed by atoms with Crippen LogP contribution in [0.1, 0.15) is 36.8 Å². The lowest BCUT2D eigenvalue weighted by Gasteiger charge is -2.15. The molecule has 0 atom stereocenters. The predicted molar refractivity (Wildman–Crippen MR) is 144 cm³/mol. The van der Waals surface area contributed by atoms with Crippen LogP contribution < -0.4 is 0 Å². The molecule has 202 valence electrons. The molecule has 1 aromatic heterocycles. The number of carbonyl (C=O) groups is 5. The molecule has 0 saturated carbocycles. The molecule has 0 spiro atoms. The second kappa shape index (κ2) is 13.1. The van der Waals surface area contributed by atoms with Crippen LogP contribution in [0.25, 0.3) is 5.69 Å². The van der Waals surface area contributed by atoms with Gasteiger partial charge in [-0.05, 0) is 36.4 Å². The average molecular weight is 616 g/mol. The van der Waals surface area contributed by atoms with Crippen LogP contribution in [0.3, 0.4) is 0 Å². The Bertz CT molecular complexity index is 1470. The highest BCUT2D eigenvalue weighted by atomic mass is 79.9. The minimum Gasteiger partial charge on any atom is -0.466 e. The van der Waals surface area contributed by atoms with E-state index in [1.807, 2.05) is 0 Å². The lowest BCUT2D eigenvalue weighted by atomic mass is 10.0. The van der Waals surface area contributed by atoms with Gasteiger partial charge in [-0.2, -0.15) is 0 Å². The van der Waals surface area contributed by atoms with E-state index in [4.69, 9.17) is 14.2 Å². The highest BCUT2D eigenvalue weighted by Crippen LogP contribution is 2.35. The smallest absolute Gasteiger partial charge is 0.344 e. The number of rotatable bonds is 9. The van der Waals surface area contributed by atoms with Crippen LogP contribution in [0, 0.1) is 0 Å². The van der Waals surface area contributed by atoms with Crippen LogP contribution in [0.5, 0.6) is 0 Å². The zero-order chi connectivity index (χ0) is 28.7. The molecule has 0 radical (unpaired) electrons. The van der Waals surface area contributed by atoms with Gasteiger partial charge in [-0.3, -0.25) is 4.79 Å². The molecule has 0 amide bonds. The number of aromatic nitrogens is 1. The monoisotopic (exact) mass is 615 g/mol. The SMILES string of the molecule is COC(=O)/C=C(\Sc1ccccc1-n1cc(C(=O)OC)c(C(=O)OC)c1C(=O)c1ccc(Br)cc1)C(=O)OC. The molecule has 0 N–H and O–H groups in total. The van der Waals surface area contributed by atoms with E-state index in [0.29, 0.717) is 10.6 Å². The fourth-order valence-electron chi connectivity index (χ4n) is 3.49. The van der Waals surface area contributed by atoms with E-state index in [1.54, 1.807) is 48.5 Å². The van der Waals surface area contributed by atoms with Crippen molar-refractivity contribution in [3.8, 4) is 5.69 Å². The second-order valence-corrected chi connectivity index (χ2v) is 9.55. The van der Waals surface area contributed by atoms with Gasteiger partial charge in [0.15, 0.2) is 0 Å². The van der Waals surface area contributed by atoms with Crippen molar-refractivity contribution in [2.75, 3.05) is 28.4 Å². The van der Waals surface area contributed by atoms with Gasteiger partial charge in [0, 0.05) is 27.2 Å². The Morgan fingerprint density at radius 3 is 2.05 bits per heavy atom. The molecule has 2 aromatic carbocycles. The largest absolute Gasteiger partial charge is 0.466 e. The molecule has 0 aliphatic carbocycles. The third-order valence-corrected chi connectivity index (χ3v) is 6.90. The number of ketones is 1. The van der Waals surface area contributed by atoms with E-state index in [9.17, 15) is 24.0 Å². The predicted octanol–water partition coefficient (Wildman–Crippen LogP) is 4.37. The van der Waals surface area contributed by atoms with Gasteiger partial charge in [0.1, 0.15) is 16.2 Å². The molecule has 10 nitrogen and oxygen atoms in total. The molecule has 3 aromatic rings. The van der Waals surface area contributed by atoms with Crippen molar-refractivity contribution >= 4 is 57.4 Å². The molecule has 0 saturated heterocycles. The number of para-hydroxylation sites is 1. The molecular formula is C27H22BrNO9S. The minimum atomic E-state index is -0.930. The lowest BCUT2D eigenvalue weighted by molar-refractivity contribution is -0.137. The Kier molecular flexibility index (Phi) is 9.85. The van der Waals surface area contributed by atoms with Gasteiger partial charge < -0.3 is 23.5 Å². The number of hydrogen-bond donors (Lipinski definition) is 0. The normalized spacial score (nSPS) is 10.9. The fourth-order valence-corrected chi connectivity index (χ4v) is 4.73. The fraction of sp³-hybridized carbons (Fsp3) is 0.148. The highest BCUT2D eigenvalue weighted by molar-refractivity contribution is 9.10. The number of ether oxygens (including phenoxy) is 4. The summed E-state index contributed by atoms with van der Waals surface area (Å²) in [6.07, 6.45) is 2.25. The summed E-state index contributed by atoms with van der Waals surface area (Å²) < 4.78 is 21.3. The number of esters is 4. The zero-order valence-corrected chi connectivity index (χ0v) is 23.6. The minimum absolute atomic E-state index is 0.105. The summed E-state index contributed by atoms with van der Waals surface area (Å²) in [6.45, 7) is 0. The number of methoxy groups -OCH3 is 4. The molecule has 39 heavy (non-hydrogen) atoms. The lowest BCUT2D eigenvalue weighted by Crippen LogP contribution is -2.16. The Hall–Kier alpha value is -4.16. The molecular weight excluding hydrogens is 594 g/mol. The number of carbonyl (C=O) groups excluding carboxylic acids is 5. The first-order valence-corrected chi connectivity index (χ1v) is 12.6. The third-order valence-electron chi connectivity index (χ3n) is 5.30. The molecule has 0 fully saturated rings. The molecule has 0 bridgehead atoms. The van der Waals surface area contributed by atoms with E-state index in [1.165, 1.54) is 10.8 Å². The van der Waals surface area contributed by atoms with Crippen molar-refractivity contribution in [1.82, 2.24) is 4.57 Å². The Morgan fingerprint density at radius 1 is 0.821 bits per heavy atom. The van der Waals surface area contributed by atoms with E-state index >= 15 is 0 Å². The number of benzene rings is 2. The molecule has 12 heteroatoms. The van der Waals surface area contributed by atoms with Gasteiger partial charge in [0.2, 0.25) is 5.78 Å². The second-order valence-electron chi connectivity index (χ2n) is 7.55. The molecule has 0 unspecified atom stereocenters. The number of thioether (sulfide) groups is 1. The van der Waals surface area contributed by atoms with Crippen molar-refractivity contribution in [1.29, 1.82) is 0 Å². The third kappa shape index (κ3) is 6.47. The van der Waals surface area contributed by atoms with Crippen LogP contribution in [0.15, 0.2) is 75.1 Å². The van der Waals surface area contributed by atoms with Crippen molar-refractivity contribution in [2.45, 2.75) is 4.90 Å². The topological polar surface area (TPSA) is 127 Å². The molecule has 1 heterocycles. The maximum absolute atomic E-state index is 13.8. The maximum atomic E-state index is 13.8. The summed E-state index contributed by atoms with van der Waals surface area (Å²) in [5.41, 5.74) is -0.138. The van der Waals surface area contributed by atoms with Gasteiger partial charge >= 0.3 is 23.9 Å². The first-order valence-electron chi connectivity index (χ1n) is 11.0. The van der Waals surface area contributed by atoms with E-state index in [-0.39, 0.29) is 27.3 Å². The van der Waals surface area contributed by atoms with Crippen molar-refractivity contribution in [3.63, 3.8) is 0 Å². The van der Waals surface area contributed by atoms with Crippen LogP contribution >= 0.6 is 27.7 Å². The van der Waals surface area contributed by atoms with Crippen molar-refractivity contribution < 1.29 is 42.9 Å². The summed E-state index contributed by atoms with van der Waals surface area (Å²) >= 11 is 4.19. The van der Waals surface area contributed by atoms with Gasteiger partial charge in [-0.15, -0.1) is 0 Å². The van der Waals surface area contributed by atoms with Crippen LogP contribution in [0.2, 0.25) is 0 Å². The summed E-state index contributed by atoms with van der Waals surface area (Å²) in [5, 5.41) is 0. The maximum Gasteiger partial charge on any atom is 0.344 e. The van der Waals surface area contributed by atoms with Gasteiger partial charge in [-0.25, -0.2) is 19.2 Å². The Labute approximate surface area is 236 Å².